The summed E-state index contributed by atoms with van der Waals surface area (Å²) in [6, 6.07) is 5.48. The van der Waals surface area contributed by atoms with Crippen LogP contribution in [0.2, 0.25) is 0 Å². The van der Waals surface area contributed by atoms with E-state index in [1.807, 2.05) is 19.1 Å². The minimum absolute atomic E-state index is 0.0153. The average molecular weight is 260 g/mol. The van der Waals surface area contributed by atoms with Crippen molar-refractivity contribution in [3.63, 3.8) is 0 Å². The van der Waals surface area contributed by atoms with Gasteiger partial charge in [0.2, 0.25) is 0 Å². The Morgan fingerprint density at radius 2 is 2.37 bits per heavy atom. The maximum Gasteiger partial charge on any atom is 0.263 e. The summed E-state index contributed by atoms with van der Waals surface area (Å²) in [6.45, 7) is 2.69. The predicted molar refractivity (Wildman–Crippen MR) is 71.2 cm³/mol. The Bertz CT molecular complexity index is 488. The van der Waals surface area contributed by atoms with Crippen molar-refractivity contribution in [1.29, 1.82) is 5.26 Å². The van der Waals surface area contributed by atoms with Crippen molar-refractivity contribution in [1.82, 2.24) is 10.3 Å². The minimum Gasteiger partial charge on any atom is -0.383 e. The van der Waals surface area contributed by atoms with Crippen LogP contribution in [0.25, 0.3) is 0 Å². The van der Waals surface area contributed by atoms with Gasteiger partial charge >= 0.3 is 0 Å². The molecule has 0 bridgehead atoms. The van der Waals surface area contributed by atoms with Crippen LogP contribution in [0.5, 0.6) is 0 Å². The minimum atomic E-state index is -0.445. The zero-order valence-corrected chi connectivity index (χ0v) is 10.9. The number of nitrogens with one attached hydrogen (secondary N) is 2. The topological polar surface area (TPSA) is 87.0 Å². The van der Waals surface area contributed by atoms with Gasteiger partial charge in [-0.25, -0.2) is 4.98 Å². The molecule has 6 heteroatoms. The lowest BCUT2D eigenvalue weighted by molar-refractivity contribution is -0.117. The second-order valence-corrected chi connectivity index (χ2v) is 3.78. The van der Waals surface area contributed by atoms with Gasteiger partial charge < -0.3 is 15.4 Å². The van der Waals surface area contributed by atoms with Crippen LogP contribution in [-0.2, 0) is 9.53 Å². The summed E-state index contributed by atoms with van der Waals surface area (Å²) in [6.07, 6.45) is 3.03. The zero-order valence-electron chi connectivity index (χ0n) is 10.9. The van der Waals surface area contributed by atoms with E-state index in [-0.39, 0.29) is 5.57 Å². The molecule has 0 fully saturated rings. The maximum absolute atomic E-state index is 11.6. The summed E-state index contributed by atoms with van der Waals surface area (Å²) in [7, 11) is 1.54. The Morgan fingerprint density at radius 1 is 1.58 bits per heavy atom. The van der Waals surface area contributed by atoms with Gasteiger partial charge in [0.15, 0.2) is 0 Å². The van der Waals surface area contributed by atoms with E-state index in [4.69, 9.17) is 10.00 Å². The molecular formula is C13H16N4O2. The number of aromatic nitrogens is 1. The number of aryl methyl sites for hydroxylation is 1. The summed E-state index contributed by atoms with van der Waals surface area (Å²) < 4.78 is 4.80. The number of rotatable bonds is 6. The highest BCUT2D eigenvalue weighted by molar-refractivity contribution is 5.97. The van der Waals surface area contributed by atoms with E-state index in [1.165, 1.54) is 13.3 Å². The highest BCUT2D eigenvalue weighted by Gasteiger charge is 2.07. The number of methoxy groups -OCH3 is 1. The SMILES string of the molecule is COCCNC(=O)/C(C#N)=C\Nc1ccc(C)cn1. The van der Waals surface area contributed by atoms with E-state index in [1.54, 1.807) is 12.3 Å². The van der Waals surface area contributed by atoms with Crippen LogP contribution in [0, 0.1) is 18.3 Å². The molecule has 1 amide bonds. The standard InChI is InChI=1S/C13H16N4O2/c1-10-3-4-12(16-8-10)17-9-11(7-14)13(18)15-5-6-19-2/h3-4,8-9H,5-6H2,1-2H3,(H,15,18)(H,16,17)/b11-9-. The first kappa shape index (κ1) is 14.7. The van der Waals surface area contributed by atoms with Crippen LogP contribution in [0.15, 0.2) is 30.1 Å². The molecule has 0 unspecified atom stereocenters. The van der Waals surface area contributed by atoms with Gasteiger partial charge in [0.25, 0.3) is 5.91 Å². The van der Waals surface area contributed by atoms with Gasteiger partial charge in [0.1, 0.15) is 17.5 Å². The molecule has 0 saturated carbocycles. The number of ether oxygens (including phenoxy) is 1. The molecule has 6 nitrogen and oxygen atoms in total. The van der Waals surface area contributed by atoms with Gasteiger partial charge in [-0.15, -0.1) is 0 Å². The van der Waals surface area contributed by atoms with Crippen LogP contribution in [0.3, 0.4) is 0 Å². The van der Waals surface area contributed by atoms with Crippen LogP contribution in [0.4, 0.5) is 5.82 Å². The van der Waals surface area contributed by atoms with Crippen molar-refractivity contribution < 1.29 is 9.53 Å². The van der Waals surface area contributed by atoms with Crippen LogP contribution < -0.4 is 10.6 Å². The molecule has 0 aliphatic carbocycles. The fourth-order valence-corrected chi connectivity index (χ4v) is 1.21. The Balaban J connectivity index is 2.59. The van der Waals surface area contributed by atoms with Crippen LogP contribution >= 0.6 is 0 Å². The zero-order chi connectivity index (χ0) is 14.1. The third kappa shape index (κ3) is 5.19. The molecule has 1 aromatic rings. The molecule has 0 spiro atoms. The maximum atomic E-state index is 11.6. The van der Waals surface area contributed by atoms with E-state index in [0.29, 0.717) is 19.0 Å². The number of anilines is 1. The number of nitrogens with zero attached hydrogens (tertiary/aromatic N) is 2. The van der Waals surface area contributed by atoms with Gasteiger partial charge in [-0.1, -0.05) is 6.07 Å². The second kappa shape index (κ2) is 7.84. The summed E-state index contributed by atoms with van der Waals surface area (Å²) in [5, 5.41) is 14.3. The smallest absolute Gasteiger partial charge is 0.263 e. The summed E-state index contributed by atoms with van der Waals surface area (Å²) >= 11 is 0. The number of carbonyl (C=O) groups excluding carboxylic acids is 1. The molecular weight excluding hydrogens is 244 g/mol. The fourth-order valence-electron chi connectivity index (χ4n) is 1.21. The van der Waals surface area contributed by atoms with Gasteiger partial charge in [-0.3, -0.25) is 4.79 Å². The molecule has 1 rings (SSSR count). The predicted octanol–water partition coefficient (Wildman–Crippen LogP) is 0.972. The highest BCUT2D eigenvalue weighted by atomic mass is 16.5. The van der Waals surface area contributed by atoms with Crippen molar-refractivity contribution in [2.75, 3.05) is 25.6 Å². The molecule has 2 N–H and O–H groups in total. The van der Waals surface area contributed by atoms with Crippen molar-refractivity contribution in [3.8, 4) is 6.07 Å². The quantitative estimate of drug-likeness (QED) is 0.452. The first-order valence-electron chi connectivity index (χ1n) is 5.74. The molecule has 1 heterocycles. The highest BCUT2D eigenvalue weighted by Crippen LogP contribution is 2.04. The summed E-state index contributed by atoms with van der Waals surface area (Å²) in [5.41, 5.74) is 1.02. The number of pyridine rings is 1. The van der Waals surface area contributed by atoms with Crippen molar-refractivity contribution in [3.05, 3.63) is 35.7 Å². The molecule has 0 saturated heterocycles. The van der Waals surface area contributed by atoms with E-state index in [2.05, 4.69) is 15.6 Å². The Labute approximate surface area is 112 Å². The lowest BCUT2D eigenvalue weighted by Crippen LogP contribution is -2.28. The van der Waals surface area contributed by atoms with Gasteiger partial charge in [0.05, 0.1) is 6.61 Å². The Kier molecular flexibility index (Phi) is 6.06. The lowest BCUT2D eigenvalue weighted by Gasteiger charge is -2.04. The number of carbonyl (C=O) groups is 1. The lowest BCUT2D eigenvalue weighted by atomic mass is 10.3. The number of hydrogen-bond donors (Lipinski definition) is 2. The normalized spacial score (nSPS) is 10.7. The molecule has 100 valence electrons. The Hall–Kier alpha value is -2.39. The largest absolute Gasteiger partial charge is 0.383 e. The third-order valence-corrected chi connectivity index (χ3v) is 2.23. The first-order valence-corrected chi connectivity index (χ1v) is 5.74. The van der Waals surface area contributed by atoms with Crippen LogP contribution in [-0.4, -0.2) is 31.2 Å². The summed E-state index contributed by atoms with van der Waals surface area (Å²) in [4.78, 5) is 15.7. The number of hydrogen-bond acceptors (Lipinski definition) is 5. The van der Waals surface area contributed by atoms with E-state index >= 15 is 0 Å². The fraction of sp³-hybridized carbons (Fsp3) is 0.308. The molecule has 1 aromatic heterocycles. The average Bonchev–Trinajstić information content (AvgIpc) is 2.42. The van der Waals surface area contributed by atoms with Crippen molar-refractivity contribution in [2.45, 2.75) is 6.92 Å². The third-order valence-electron chi connectivity index (χ3n) is 2.23. The first-order chi connectivity index (χ1) is 9.17. The summed E-state index contributed by atoms with van der Waals surface area (Å²) in [5.74, 6) is 0.127. The molecule has 0 atom stereocenters. The van der Waals surface area contributed by atoms with Gasteiger partial charge in [-0.2, -0.15) is 5.26 Å². The van der Waals surface area contributed by atoms with E-state index in [0.717, 1.165) is 5.56 Å². The van der Waals surface area contributed by atoms with Crippen molar-refractivity contribution >= 4 is 11.7 Å². The van der Waals surface area contributed by atoms with Gasteiger partial charge in [-0.05, 0) is 18.6 Å². The number of amides is 1. The molecule has 19 heavy (non-hydrogen) atoms. The molecule has 0 aliphatic heterocycles. The molecule has 0 aliphatic rings. The molecule has 0 radical (unpaired) electrons. The van der Waals surface area contributed by atoms with E-state index < -0.39 is 5.91 Å². The van der Waals surface area contributed by atoms with E-state index in [9.17, 15) is 4.79 Å². The van der Waals surface area contributed by atoms with Crippen molar-refractivity contribution in [2.24, 2.45) is 0 Å². The second-order valence-electron chi connectivity index (χ2n) is 3.78. The van der Waals surface area contributed by atoms with Gasteiger partial charge in [0, 0.05) is 26.1 Å². The van der Waals surface area contributed by atoms with Crippen LogP contribution in [0.1, 0.15) is 5.56 Å². The molecule has 0 aromatic carbocycles. The number of nitriles is 1. The Morgan fingerprint density at radius 3 is 2.95 bits per heavy atom. The monoisotopic (exact) mass is 260 g/mol.